The van der Waals surface area contributed by atoms with Crippen LogP contribution < -0.4 is 0 Å². The Bertz CT molecular complexity index is 745. The Kier molecular flexibility index (Phi) is 5.36. The Morgan fingerprint density at radius 2 is 1.96 bits per heavy atom. The van der Waals surface area contributed by atoms with Gasteiger partial charge in [-0.15, -0.1) is 0 Å². The molecule has 0 saturated carbocycles. The number of furan rings is 1. The first-order valence-corrected chi connectivity index (χ1v) is 10.8. The molecule has 0 spiro atoms. The normalized spacial score (nSPS) is 23.2. The molecule has 1 amide bonds. The van der Waals surface area contributed by atoms with E-state index < -0.39 is 0 Å². The zero-order valence-corrected chi connectivity index (χ0v) is 16.1. The first kappa shape index (κ1) is 17.7. The fourth-order valence-electron chi connectivity index (χ4n) is 4.25. The molecule has 3 aliphatic rings. The molecule has 2 bridgehead atoms. The second-order valence-corrected chi connectivity index (χ2v) is 8.30. The summed E-state index contributed by atoms with van der Waals surface area (Å²) >= 11 is 1.71. The highest BCUT2D eigenvalue weighted by molar-refractivity contribution is 7.97. The summed E-state index contributed by atoms with van der Waals surface area (Å²) in [6.07, 6.45) is 4.36. The molecule has 0 unspecified atom stereocenters. The zero-order chi connectivity index (χ0) is 17.9. The van der Waals surface area contributed by atoms with Crippen LogP contribution in [0.1, 0.15) is 34.7 Å². The molecule has 4 heterocycles. The average molecular weight is 371 g/mol. The van der Waals surface area contributed by atoms with E-state index in [2.05, 4.69) is 40.1 Å². The molecule has 0 radical (unpaired) electrons. The van der Waals surface area contributed by atoms with Crippen LogP contribution in [-0.4, -0.2) is 47.6 Å². The maximum atomic E-state index is 13.0. The van der Waals surface area contributed by atoms with Gasteiger partial charge in [0.15, 0.2) is 5.76 Å². The van der Waals surface area contributed by atoms with Gasteiger partial charge in [0.25, 0.3) is 5.91 Å². The Morgan fingerprint density at radius 3 is 2.77 bits per heavy atom. The van der Waals surface area contributed by atoms with E-state index >= 15 is 0 Å². The van der Waals surface area contributed by atoms with Crippen molar-refractivity contribution in [2.24, 2.45) is 5.92 Å². The van der Waals surface area contributed by atoms with Gasteiger partial charge >= 0.3 is 0 Å². The van der Waals surface area contributed by atoms with Crippen LogP contribution >= 0.6 is 11.8 Å². The number of nitrogens with zero attached hydrogens (tertiary/aromatic N) is 2. The van der Waals surface area contributed by atoms with Crippen molar-refractivity contribution in [2.75, 3.05) is 25.9 Å². The van der Waals surface area contributed by atoms with Gasteiger partial charge < -0.3 is 9.32 Å². The van der Waals surface area contributed by atoms with Crippen molar-refractivity contribution in [3.63, 3.8) is 0 Å². The van der Waals surface area contributed by atoms with Crippen molar-refractivity contribution >= 4 is 17.7 Å². The van der Waals surface area contributed by atoms with Crippen LogP contribution in [0.15, 0.2) is 46.9 Å². The van der Waals surface area contributed by atoms with E-state index in [1.807, 2.05) is 18.4 Å². The maximum absolute atomic E-state index is 13.0. The Morgan fingerprint density at radius 1 is 1.12 bits per heavy atom. The highest BCUT2D eigenvalue weighted by Gasteiger charge is 2.38. The van der Waals surface area contributed by atoms with Crippen molar-refractivity contribution in [3.05, 3.63) is 59.5 Å². The fourth-order valence-corrected chi connectivity index (χ4v) is 4.69. The van der Waals surface area contributed by atoms with Crippen LogP contribution in [0.25, 0.3) is 0 Å². The SMILES string of the molecule is CSCc1ccc(C(=O)N2C[C@H]3CC[C@@H]2CN(Cc2ccccc2)C3)o1. The maximum Gasteiger partial charge on any atom is 0.289 e. The van der Waals surface area contributed by atoms with E-state index in [9.17, 15) is 4.79 Å². The van der Waals surface area contributed by atoms with Crippen LogP contribution in [0.4, 0.5) is 0 Å². The lowest BCUT2D eigenvalue weighted by atomic mass is 9.95. The van der Waals surface area contributed by atoms with Gasteiger partial charge in [-0.05, 0) is 42.7 Å². The van der Waals surface area contributed by atoms with Gasteiger partial charge in [-0.1, -0.05) is 30.3 Å². The number of rotatable bonds is 5. The fraction of sp³-hybridized carbons (Fsp3) is 0.476. The van der Waals surface area contributed by atoms with Gasteiger partial charge in [-0.3, -0.25) is 9.69 Å². The Balaban J connectivity index is 1.46. The standard InChI is InChI=1S/C21H26N2O2S/c1-26-15-19-9-10-20(25-19)21(24)23-13-17-7-8-18(23)14-22(12-17)11-16-5-3-2-4-6-16/h2-6,9-10,17-18H,7-8,11-15H2,1H3/t17-,18+/m0/s1. The molecular formula is C21H26N2O2S. The van der Waals surface area contributed by atoms with Crippen molar-refractivity contribution in [1.29, 1.82) is 0 Å². The van der Waals surface area contributed by atoms with E-state index in [0.29, 0.717) is 17.7 Å². The van der Waals surface area contributed by atoms with E-state index in [-0.39, 0.29) is 5.91 Å². The molecule has 1 aromatic carbocycles. The van der Waals surface area contributed by atoms with Crippen molar-refractivity contribution in [3.8, 4) is 0 Å². The largest absolute Gasteiger partial charge is 0.455 e. The highest BCUT2D eigenvalue weighted by Crippen LogP contribution is 2.30. The van der Waals surface area contributed by atoms with Gasteiger partial charge in [0.1, 0.15) is 5.76 Å². The zero-order valence-electron chi connectivity index (χ0n) is 15.3. The van der Waals surface area contributed by atoms with Crippen LogP contribution in [0.2, 0.25) is 0 Å². The topological polar surface area (TPSA) is 36.7 Å². The minimum absolute atomic E-state index is 0.0635. The summed E-state index contributed by atoms with van der Waals surface area (Å²) in [7, 11) is 0. The molecule has 0 aliphatic carbocycles. The highest BCUT2D eigenvalue weighted by atomic mass is 32.2. The monoisotopic (exact) mass is 370 g/mol. The van der Waals surface area contributed by atoms with Gasteiger partial charge in [0.05, 0.1) is 5.75 Å². The third kappa shape index (κ3) is 3.84. The van der Waals surface area contributed by atoms with Gasteiger partial charge in [0.2, 0.25) is 0 Å². The van der Waals surface area contributed by atoms with E-state index in [4.69, 9.17) is 4.42 Å². The summed E-state index contributed by atoms with van der Waals surface area (Å²) < 4.78 is 5.78. The lowest BCUT2D eigenvalue weighted by molar-refractivity contribution is 0.0551. The van der Waals surface area contributed by atoms with E-state index in [1.165, 1.54) is 12.0 Å². The number of carbonyl (C=O) groups excluding carboxylic acids is 1. The quantitative estimate of drug-likeness (QED) is 0.800. The van der Waals surface area contributed by atoms with Gasteiger partial charge in [-0.2, -0.15) is 11.8 Å². The number of benzene rings is 1. The molecule has 138 valence electrons. The minimum Gasteiger partial charge on any atom is -0.455 e. The van der Waals surface area contributed by atoms with Crippen LogP contribution in [0.3, 0.4) is 0 Å². The van der Waals surface area contributed by atoms with Crippen LogP contribution in [0, 0.1) is 5.92 Å². The number of thioether (sulfide) groups is 1. The molecule has 26 heavy (non-hydrogen) atoms. The Labute approximate surface area is 159 Å². The number of hydrogen-bond acceptors (Lipinski definition) is 4. The first-order valence-electron chi connectivity index (χ1n) is 9.38. The predicted octanol–water partition coefficient (Wildman–Crippen LogP) is 3.88. The molecule has 2 atom stereocenters. The smallest absolute Gasteiger partial charge is 0.289 e. The molecular weight excluding hydrogens is 344 g/mol. The van der Waals surface area contributed by atoms with E-state index in [0.717, 1.165) is 44.1 Å². The average Bonchev–Trinajstić information content (AvgIpc) is 2.95. The van der Waals surface area contributed by atoms with Crippen molar-refractivity contribution in [1.82, 2.24) is 9.80 Å². The van der Waals surface area contributed by atoms with Crippen molar-refractivity contribution < 1.29 is 9.21 Å². The number of piperidine rings is 1. The van der Waals surface area contributed by atoms with Gasteiger partial charge in [0, 0.05) is 32.2 Å². The molecule has 5 rings (SSSR count). The summed E-state index contributed by atoms with van der Waals surface area (Å²) in [5.41, 5.74) is 1.35. The summed E-state index contributed by atoms with van der Waals surface area (Å²) in [4.78, 5) is 17.6. The first-order chi connectivity index (χ1) is 12.7. The molecule has 1 aromatic heterocycles. The third-order valence-electron chi connectivity index (χ3n) is 5.46. The summed E-state index contributed by atoms with van der Waals surface area (Å²) in [6.45, 7) is 3.85. The molecule has 2 aromatic rings. The summed E-state index contributed by atoms with van der Waals surface area (Å²) in [5, 5.41) is 0. The predicted molar refractivity (Wildman–Crippen MR) is 105 cm³/mol. The second kappa shape index (κ2) is 7.89. The summed E-state index contributed by atoms with van der Waals surface area (Å²) in [5.74, 6) is 2.81. The van der Waals surface area contributed by atoms with E-state index in [1.54, 1.807) is 11.8 Å². The summed E-state index contributed by atoms with van der Waals surface area (Å²) in [6, 6.07) is 14.7. The number of amides is 1. The number of carbonyl (C=O) groups is 1. The second-order valence-electron chi connectivity index (χ2n) is 7.43. The molecule has 5 heteroatoms. The van der Waals surface area contributed by atoms with Gasteiger partial charge in [-0.25, -0.2) is 0 Å². The van der Waals surface area contributed by atoms with Crippen LogP contribution in [-0.2, 0) is 12.3 Å². The molecule has 0 N–H and O–H groups in total. The minimum atomic E-state index is 0.0635. The van der Waals surface area contributed by atoms with Crippen molar-refractivity contribution in [2.45, 2.75) is 31.2 Å². The third-order valence-corrected chi connectivity index (χ3v) is 6.03. The lowest BCUT2D eigenvalue weighted by Gasteiger charge is -2.35. The number of hydrogen-bond donors (Lipinski definition) is 0. The lowest BCUT2D eigenvalue weighted by Crippen LogP contribution is -2.47. The van der Waals surface area contributed by atoms with Crippen LogP contribution in [0.5, 0.6) is 0 Å². The Hall–Kier alpha value is -1.72. The molecule has 3 fully saturated rings. The molecule has 3 aliphatic heterocycles. The number of fused-ring (bicyclic) bond motifs is 4. The molecule has 3 saturated heterocycles. The molecule has 4 nitrogen and oxygen atoms in total.